The summed E-state index contributed by atoms with van der Waals surface area (Å²) >= 11 is 0. The minimum atomic E-state index is -2.08. The van der Waals surface area contributed by atoms with E-state index in [2.05, 4.69) is 26.5 Å². The van der Waals surface area contributed by atoms with E-state index in [1.807, 2.05) is 19.9 Å². The Labute approximate surface area is 250 Å². The first-order chi connectivity index (χ1) is 19.6. The van der Waals surface area contributed by atoms with E-state index in [1.165, 1.54) is 18.4 Å². The second-order valence-corrected chi connectivity index (χ2v) is 14.4. The van der Waals surface area contributed by atoms with E-state index in [0.29, 0.717) is 23.3 Å². The molecule has 0 aromatic carbocycles. The number of fused-ring (bicyclic) bond motifs is 1. The van der Waals surface area contributed by atoms with Gasteiger partial charge in [0.05, 0.1) is 18.3 Å². The maximum Gasteiger partial charge on any atom is 0.197 e. The van der Waals surface area contributed by atoms with Gasteiger partial charge in [-0.05, 0) is 87.5 Å². The highest BCUT2D eigenvalue weighted by molar-refractivity contribution is 5.41. The van der Waals surface area contributed by atoms with E-state index in [4.69, 9.17) is 9.47 Å². The molecular formula is C33H54O9. The van der Waals surface area contributed by atoms with Crippen LogP contribution in [0.3, 0.4) is 0 Å². The molecule has 240 valence electrons. The molecule has 11 atom stereocenters. The first-order valence-corrected chi connectivity index (χ1v) is 15.8. The first kappa shape index (κ1) is 33.7. The molecule has 1 heterocycles. The van der Waals surface area contributed by atoms with Crippen LogP contribution in [-0.2, 0) is 9.47 Å². The topological polar surface area (TPSA) is 160 Å². The van der Waals surface area contributed by atoms with Crippen molar-refractivity contribution >= 4 is 0 Å². The largest absolute Gasteiger partial charge is 0.394 e. The molecule has 0 amide bonds. The molecule has 1 saturated heterocycles. The van der Waals surface area contributed by atoms with Crippen molar-refractivity contribution in [3.05, 3.63) is 35.5 Å². The molecule has 3 aliphatic carbocycles. The number of rotatable bonds is 9. The van der Waals surface area contributed by atoms with Crippen molar-refractivity contribution in [3.8, 4) is 0 Å². The zero-order valence-electron chi connectivity index (χ0n) is 25.8. The predicted molar refractivity (Wildman–Crippen MR) is 158 cm³/mol. The Hall–Kier alpha value is -1.14. The highest BCUT2D eigenvalue weighted by Gasteiger charge is 2.51. The van der Waals surface area contributed by atoms with E-state index in [9.17, 15) is 35.7 Å². The monoisotopic (exact) mass is 594 g/mol. The summed E-state index contributed by atoms with van der Waals surface area (Å²) in [7, 11) is 0. The molecule has 9 heteroatoms. The highest BCUT2D eigenvalue weighted by atomic mass is 16.8. The van der Waals surface area contributed by atoms with Crippen LogP contribution < -0.4 is 0 Å². The predicted octanol–water partition coefficient (Wildman–Crippen LogP) is 2.85. The summed E-state index contributed by atoms with van der Waals surface area (Å²) in [5, 5.41) is 72.4. The van der Waals surface area contributed by atoms with Crippen molar-refractivity contribution in [2.24, 2.45) is 23.2 Å². The summed E-state index contributed by atoms with van der Waals surface area (Å²) in [6, 6.07) is 0. The minimum Gasteiger partial charge on any atom is -0.394 e. The summed E-state index contributed by atoms with van der Waals surface area (Å²) in [4.78, 5) is 0. The van der Waals surface area contributed by atoms with E-state index in [1.54, 1.807) is 0 Å². The molecule has 0 bridgehead atoms. The molecule has 42 heavy (non-hydrogen) atoms. The Morgan fingerprint density at radius 3 is 2.50 bits per heavy atom. The maximum absolute atomic E-state index is 11.5. The minimum absolute atomic E-state index is 0.206. The quantitative estimate of drug-likeness (QED) is 0.199. The average Bonchev–Trinajstić information content (AvgIpc) is 3.27. The van der Waals surface area contributed by atoms with Gasteiger partial charge < -0.3 is 45.2 Å². The van der Waals surface area contributed by atoms with Crippen LogP contribution in [0.1, 0.15) is 91.9 Å². The number of hydrogen-bond donors (Lipinski definition) is 7. The molecular weight excluding hydrogens is 540 g/mol. The van der Waals surface area contributed by atoms with Crippen molar-refractivity contribution in [2.45, 2.75) is 140 Å². The molecule has 1 aliphatic heterocycles. The third-order valence-electron chi connectivity index (χ3n) is 10.7. The second kappa shape index (κ2) is 13.1. The van der Waals surface area contributed by atoms with Crippen molar-refractivity contribution in [1.82, 2.24) is 0 Å². The van der Waals surface area contributed by atoms with Gasteiger partial charge >= 0.3 is 0 Å². The van der Waals surface area contributed by atoms with Crippen LogP contribution in [0.2, 0.25) is 0 Å². The van der Waals surface area contributed by atoms with Gasteiger partial charge in [-0.1, -0.05) is 51.0 Å². The Kier molecular flexibility index (Phi) is 10.5. The lowest BCUT2D eigenvalue weighted by Crippen LogP contribution is -2.61. The Morgan fingerprint density at radius 1 is 1.12 bits per heavy atom. The molecule has 0 radical (unpaired) electrons. The fraction of sp³-hybridized carbons (Fsp3) is 0.818. The van der Waals surface area contributed by atoms with Gasteiger partial charge in [0.25, 0.3) is 0 Å². The zero-order valence-corrected chi connectivity index (χ0v) is 25.8. The summed E-state index contributed by atoms with van der Waals surface area (Å²) in [6.07, 6.45) is 4.19. The van der Waals surface area contributed by atoms with E-state index < -0.39 is 54.8 Å². The lowest BCUT2D eigenvalue weighted by Gasteiger charge is -2.45. The lowest BCUT2D eigenvalue weighted by molar-refractivity contribution is -0.356. The molecule has 0 aromatic heterocycles. The van der Waals surface area contributed by atoms with Crippen molar-refractivity contribution in [2.75, 3.05) is 6.61 Å². The van der Waals surface area contributed by atoms with E-state index >= 15 is 0 Å². The van der Waals surface area contributed by atoms with Gasteiger partial charge in [-0.3, -0.25) is 0 Å². The van der Waals surface area contributed by atoms with Crippen molar-refractivity contribution in [1.29, 1.82) is 0 Å². The van der Waals surface area contributed by atoms with Crippen LogP contribution in [0.25, 0.3) is 0 Å². The molecule has 4 fully saturated rings. The Bertz CT molecular complexity index is 1020. The van der Waals surface area contributed by atoms with E-state index in [0.717, 1.165) is 38.5 Å². The fourth-order valence-corrected chi connectivity index (χ4v) is 8.27. The van der Waals surface area contributed by atoms with Gasteiger partial charge in [0.15, 0.2) is 12.1 Å². The van der Waals surface area contributed by atoms with Crippen LogP contribution >= 0.6 is 0 Å². The first-order valence-electron chi connectivity index (χ1n) is 15.8. The number of allylic oxidation sites excluding steroid dienone is 3. The maximum atomic E-state index is 11.5. The number of aliphatic hydroxyl groups excluding tert-OH is 5. The molecule has 2 unspecified atom stereocenters. The summed E-state index contributed by atoms with van der Waals surface area (Å²) < 4.78 is 11.2. The molecule has 7 N–H and O–H groups in total. The SMILES string of the molecule is C=C1/C(=C\C=C2CCC[C@@]3(C)C2CC[C@@H]3[C@H](C)CCCC(C)(C)O)C[C@@H](O)CC1(O)O[C@@H]1O[C@H](CO)[C@@H](O)[C@H](O)[C@H]1O. The second-order valence-electron chi connectivity index (χ2n) is 14.4. The Balaban J connectivity index is 1.48. The van der Waals surface area contributed by atoms with Crippen molar-refractivity contribution < 1.29 is 45.2 Å². The van der Waals surface area contributed by atoms with Crippen LogP contribution in [0, 0.1) is 23.2 Å². The normalized spacial score (nSPS) is 44.0. The highest BCUT2D eigenvalue weighted by Crippen LogP contribution is 2.60. The smallest absolute Gasteiger partial charge is 0.197 e. The van der Waals surface area contributed by atoms with Gasteiger partial charge in [-0.25, -0.2) is 0 Å². The van der Waals surface area contributed by atoms with Crippen LogP contribution in [-0.4, -0.2) is 90.6 Å². The van der Waals surface area contributed by atoms with Gasteiger partial charge in [0.1, 0.15) is 24.4 Å². The molecule has 4 rings (SSSR count). The fourth-order valence-electron chi connectivity index (χ4n) is 8.27. The summed E-state index contributed by atoms with van der Waals surface area (Å²) in [5.74, 6) is -0.392. The van der Waals surface area contributed by atoms with Gasteiger partial charge in [0.2, 0.25) is 0 Å². The van der Waals surface area contributed by atoms with E-state index in [-0.39, 0.29) is 23.8 Å². The third kappa shape index (κ3) is 7.05. The van der Waals surface area contributed by atoms with Crippen LogP contribution in [0.5, 0.6) is 0 Å². The zero-order chi connectivity index (χ0) is 31.0. The summed E-state index contributed by atoms with van der Waals surface area (Å²) in [6.45, 7) is 12.0. The van der Waals surface area contributed by atoms with Gasteiger partial charge in [-0.15, -0.1) is 0 Å². The van der Waals surface area contributed by atoms with Gasteiger partial charge in [0, 0.05) is 12.0 Å². The lowest BCUT2D eigenvalue weighted by atomic mass is 9.60. The number of aliphatic hydroxyl groups is 7. The molecule has 9 nitrogen and oxygen atoms in total. The number of hydrogen-bond acceptors (Lipinski definition) is 9. The van der Waals surface area contributed by atoms with Crippen LogP contribution in [0.4, 0.5) is 0 Å². The molecule has 0 aromatic rings. The standard InChI is InChI=1S/C33H54O9/c1-19(8-6-14-31(3,4)39)24-12-13-25-21(9-7-15-32(24,25)5)10-11-22-16-23(35)17-33(40,20(22)2)42-30-29(38)28(37)27(36)26(18-34)41-30/h10-11,19,23-30,34-40H,2,6-9,12-18H2,1,3-5H3/b21-10?,22-11-/t19-,23-,24-,25?,26-,27-,28+,29-,30+,32-,33?/m1/s1. The Morgan fingerprint density at radius 2 is 1.83 bits per heavy atom. The number of ether oxygens (including phenoxy) is 2. The molecule has 0 spiro atoms. The van der Waals surface area contributed by atoms with Gasteiger partial charge in [-0.2, -0.15) is 0 Å². The molecule has 4 aliphatic rings. The van der Waals surface area contributed by atoms with Crippen LogP contribution in [0.15, 0.2) is 35.5 Å². The average molecular weight is 595 g/mol. The van der Waals surface area contributed by atoms with Crippen molar-refractivity contribution in [3.63, 3.8) is 0 Å². The summed E-state index contributed by atoms with van der Waals surface area (Å²) in [5.41, 5.74) is 1.85. The molecule has 3 saturated carbocycles. The third-order valence-corrected chi connectivity index (χ3v) is 10.7.